The van der Waals surface area contributed by atoms with Crippen LogP contribution in [0.1, 0.15) is 0 Å². The Labute approximate surface area is 98.6 Å². The topological polar surface area (TPSA) is 104 Å². The van der Waals surface area contributed by atoms with E-state index in [9.17, 15) is 0 Å². The van der Waals surface area contributed by atoms with Crippen LogP contribution < -0.4 is 0 Å². The van der Waals surface area contributed by atoms with E-state index in [0.717, 1.165) is 0 Å². The van der Waals surface area contributed by atoms with Crippen LogP contribution in [0.2, 0.25) is 0 Å². The van der Waals surface area contributed by atoms with Crippen molar-refractivity contribution in [1.29, 1.82) is 0 Å². The molecule has 0 aliphatic heterocycles. The van der Waals surface area contributed by atoms with Gasteiger partial charge in [0, 0.05) is 17.7 Å². The Bertz CT molecular complexity index is 779. The van der Waals surface area contributed by atoms with Crippen LogP contribution in [0.4, 0.5) is 0 Å². The molecule has 0 bridgehead atoms. The SMILES string of the molecule is c1cc2nonc2c(-c2nccc3nnoc23)n1. The third-order valence-corrected chi connectivity index (χ3v) is 2.56. The molecule has 18 heavy (non-hydrogen) atoms. The predicted molar refractivity (Wildman–Crippen MR) is 58.2 cm³/mol. The van der Waals surface area contributed by atoms with Crippen molar-refractivity contribution in [2.45, 2.75) is 0 Å². The largest absolute Gasteiger partial charge is 0.334 e. The van der Waals surface area contributed by atoms with Crippen molar-refractivity contribution in [1.82, 2.24) is 30.7 Å². The Hall–Kier alpha value is -2.90. The highest BCUT2D eigenvalue weighted by atomic mass is 16.6. The van der Waals surface area contributed by atoms with Gasteiger partial charge >= 0.3 is 0 Å². The molecule has 0 aromatic carbocycles. The quantitative estimate of drug-likeness (QED) is 0.489. The standard InChI is InChI=1S/C10H4N6O2/c1-3-11-8(7-5(1)14-18-15-7)9-10-6(2-4-12-9)13-16-17-10/h1-4H. The van der Waals surface area contributed by atoms with Gasteiger partial charge in [-0.1, -0.05) is 0 Å². The smallest absolute Gasteiger partial charge is 0.215 e. The van der Waals surface area contributed by atoms with Crippen molar-refractivity contribution in [2.24, 2.45) is 0 Å². The van der Waals surface area contributed by atoms with Gasteiger partial charge in [-0.15, -0.1) is 5.10 Å². The van der Waals surface area contributed by atoms with E-state index in [-0.39, 0.29) is 0 Å². The van der Waals surface area contributed by atoms with Gasteiger partial charge in [-0.05, 0) is 22.4 Å². The molecule has 0 fully saturated rings. The van der Waals surface area contributed by atoms with E-state index in [4.69, 9.17) is 9.15 Å². The fourth-order valence-corrected chi connectivity index (χ4v) is 1.77. The Kier molecular flexibility index (Phi) is 1.68. The van der Waals surface area contributed by atoms with Crippen LogP contribution in [0.3, 0.4) is 0 Å². The summed E-state index contributed by atoms with van der Waals surface area (Å²) in [6.45, 7) is 0. The molecule has 0 atom stereocenters. The number of nitrogens with zero attached hydrogens (tertiary/aromatic N) is 6. The summed E-state index contributed by atoms with van der Waals surface area (Å²) in [5, 5.41) is 14.9. The summed E-state index contributed by atoms with van der Waals surface area (Å²) in [6.07, 6.45) is 3.21. The lowest BCUT2D eigenvalue weighted by atomic mass is 10.2. The van der Waals surface area contributed by atoms with Crippen molar-refractivity contribution in [2.75, 3.05) is 0 Å². The van der Waals surface area contributed by atoms with Gasteiger partial charge in [0.1, 0.15) is 22.4 Å². The maximum Gasteiger partial charge on any atom is 0.215 e. The van der Waals surface area contributed by atoms with Crippen LogP contribution in [0.5, 0.6) is 0 Å². The molecule has 0 unspecified atom stereocenters. The second kappa shape index (κ2) is 3.29. The number of fused-ring (bicyclic) bond motifs is 2. The van der Waals surface area contributed by atoms with Gasteiger partial charge in [-0.2, -0.15) is 0 Å². The minimum Gasteiger partial charge on any atom is -0.334 e. The second-order valence-corrected chi connectivity index (χ2v) is 3.57. The Morgan fingerprint density at radius 1 is 0.889 bits per heavy atom. The van der Waals surface area contributed by atoms with Crippen molar-refractivity contribution in [3.05, 3.63) is 24.5 Å². The first kappa shape index (κ1) is 9.16. The van der Waals surface area contributed by atoms with Crippen molar-refractivity contribution >= 4 is 22.1 Å². The fraction of sp³-hybridized carbons (Fsp3) is 0. The minimum absolute atomic E-state index is 0.459. The molecule has 4 heterocycles. The second-order valence-electron chi connectivity index (χ2n) is 3.57. The minimum atomic E-state index is 0.459. The summed E-state index contributed by atoms with van der Waals surface area (Å²) in [5.41, 5.74) is 3.23. The van der Waals surface area contributed by atoms with Gasteiger partial charge in [0.2, 0.25) is 5.58 Å². The van der Waals surface area contributed by atoms with Gasteiger partial charge in [0.05, 0.1) is 0 Å². The lowest BCUT2D eigenvalue weighted by Gasteiger charge is -1.98. The van der Waals surface area contributed by atoms with Crippen LogP contribution in [0, 0.1) is 0 Å². The van der Waals surface area contributed by atoms with Gasteiger partial charge in [-0.3, -0.25) is 9.97 Å². The van der Waals surface area contributed by atoms with Crippen LogP contribution in [-0.4, -0.2) is 30.7 Å². The van der Waals surface area contributed by atoms with Gasteiger partial charge in [0.15, 0.2) is 5.52 Å². The van der Waals surface area contributed by atoms with E-state index in [1.807, 2.05) is 0 Å². The Balaban J connectivity index is 2.13. The highest BCUT2D eigenvalue weighted by Crippen LogP contribution is 2.27. The Morgan fingerprint density at radius 2 is 1.72 bits per heavy atom. The zero-order valence-electron chi connectivity index (χ0n) is 8.81. The van der Waals surface area contributed by atoms with Crippen LogP contribution >= 0.6 is 0 Å². The number of aromatic nitrogens is 6. The molecule has 8 nitrogen and oxygen atoms in total. The first-order chi connectivity index (χ1) is 8.93. The molecule has 4 aromatic heterocycles. The molecule has 0 saturated heterocycles. The highest BCUT2D eigenvalue weighted by Gasteiger charge is 2.17. The molecule has 4 aromatic rings. The number of hydrogen-bond donors (Lipinski definition) is 0. The van der Waals surface area contributed by atoms with E-state index < -0.39 is 0 Å². The summed E-state index contributed by atoms with van der Waals surface area (Å²) in [4.78, 5) is 8.47. The third kappa shape index (κ3) is 1.14. The molecule has 0 aliphatic rings. The molecule has 8 heteroatoms. The maximum atomic E-state index is 5.09. The number of hydrogen-bond acceptors (Lipinski definition) is 8. The molecule has 86 valence electrons. The van der Waals surface area contributed by atoms with E-state index in [2.05, 4.69) is 30.7 Å². The highest BCUT2D eigenvalue weighted by molar-refractivity contribution is 5.95. The van der Waals surface area contributed by atoms with Crippen molar-refractivity contribution in [3.63, 3.8) is 0 Å². The predicted octanol–water partition coefficient (Wildman–Crippen LogP) is 1.22. The summed E-state index contributed by atoms with van der Waals surface area (Å²) >= 11 is 0. The first-order valence-electron chi connectivity index (χ1n) is 5.08. The van der Waals surface area contributed by atoms with Crippen molar-refractivity contribution < 1.29 is 9.15 Å². The van der Waals surface area contributed by atoms with E-state index in [0.29, 0.717) is 33.5 Å². The number of pyridine rings is 2. The fourth-order valence-electron chi connectivity index (χ4n) is 1.77. The third-order valence-electron chi connectivity index (χ3n) is 2.56. The molecule has 4 rings (SSSR count). The lowest BCUT2D eigenvalue weighted by molar-refractivity contribution is 0.315. The van der Waals surface area contributed by atoms with Gasteiger partial charge < -0.3 is 4.52 Å². The summed E-state index contributed by atoms with van der Waals surface area (Å²) in [6, 6.07) is 3.41. The molecule has 0 N–H and O–H groups in total. The summed E-state index contributed by atoms with van der Waals surface area (Å²) in [7, 11) is 0. The van der Waals surface area contributed by atoms with Crippen LogP contribution in [0.25, 0.3) is 33.5 Å². The molecule has 0 radical (unpaired) electrons. The summed E-state index contributed by atoms with van der Waals surface area (Å²) in [5.74, 6) is 0. The maximum absolute atomic E-state index is 5.09. The van der Waals surface area contributed by atoms with Crippen molar-refractivity contribution in [3.8, 4) is 11.4 Å². The molecule has 0 aliphatic carbocycles. The van der Waals surface area contributed by atoms with E-state index >= 15 is 0 Å². The molecule has 0 spiro atoms. The normalized spacial score (nSPS) is 11.3. The van der Waals surface area contributed by atoms with Gasteiger partial charge in [0.25, 0.3) is 0 Å². The lowest BCUT2D eigenvalue weighted by Crippen LogP contribution is -1.89. The van der Waals surface area contributed by atoms with Gasteiger partial charge in [-0.25, -0.2) is 4.63 Å². The van der Waals surface area contributed by atoms with Crippen LogP contribution in [-0.2, 0) is 0 Å². The zero-order chi connectivity index (χ0) is 11.9. The number of rotatable bonds is 1. The zero-order valence-corrected chi connectivity index (χ0v) is 8.81. The molecular weight excluding hydrogens is 236 g/mol. The Morgan fingerprint density at radius 3 is 2.67 bits per heavy atom. The molecule has 0 saturated carbocycles. The summed E-state index contributed by atoms with van der Waals surface area (Å²) < 4.78 is 9.78. The first-order valence-corrected chi connectivity index (χ1v) is 5.08. The molecule has 0 amide bonds. The average molecular weight is 240 g/mol. The average Bonchev–Trinajstić information content (AvgIpc) is 3.06. The van der Waals surface area contributed by atoms with Crippen LogP contribution in [0.15, 0.2) is 33.7 Å². The van der Waals surface area contributed by atoms with E-state index in [1.165, 1.54) is 0 Å². The molecular formula is C10H4N6O2. The van der Waals surface area contributed by atoms with E-state index in [1.54, 1.807) is 24.5 Å². The monoisotopic (exact) mass is 240 g/mol.